The second-order valence-corrected chi connectivity index (χ2v) is 24.0. The van der Waals surface area contributed by atoms with Gasteiger partial charge in [-0.1, -0.05) is 18.2 Å². The number of β-amino-alcohol motifs (C(OH)–C–C–N with tert-alkyl or cyclic N) is 2. The van der Waals surface area contributed by atoms with Gasteiger partial charge in [-0.2, -0.15) is 31.1 Å². The summed E-state index contributed by atoms with van der Waals surface area (Å²) in [6, 6.07) is 26.9. The summed E-state index contributed by atoms with van der Waals surface area (Å²) in [5, 5.41) is 90.6. The molecule has 6 aromatic heterocycles. The molecule has 9 aromatic rings. The van der Waals surface area contributed by atoms with E-state index in [0.717, 1.165) is 11.3 Å². The molecule has 15 rings (SSSR count). The Morgan fingerprint density at radius 1 is 0.515 bits per heavy atom. The summed E-state index contributed by atoms with van der Waals surface area (Å²) < 4.78 is 48.7. The lowest BCUT2D eigenvalue weighted by atomic mass is 9.88. The fraction of sp³-hybridized carbons (Fsp3) is 0.279. The van der Waals surface area contributed by atoms with E-state index in [9.17, 15) is 68.6 Å². The number of aromatic nitrogens is 9. The van der Waals surface area contributed by atoms with Crippen molar-refractivity contribution < 1.29 is 52.8 Å². The minimum atomic E-state index is -0.884. The number of benzene rings is 3. The topological polar surface area (TPSA) is 381 Å². The summed E-state index contributed by atoms with van der Waals surface area (Å²) in [5.74, 6) is -2.09. The van der Waals surface area contributed by atoms with Gasteiger partial charge in [-0.25, -0.2) is 42.2 Å². The number of aliphatic hydroxyl groups is 4. The predicted molar refractivity (Wildman–Crippen MR) is 340 cm³/mol. The van der Waals surface area contributed by atoms with Crippen LogP contribution in [0.15, 0.2) is 104 Å². The van der Waals surface area contributed by atoms with E-state index in [4.69, 9.17) is 5.73 Å². The number of aryl methyl sites for hydroxylation is 1. The van der Waals surface area contributed by atoms with Gasteiger partial charge in [-0.05, 0) is 98.7 Å². The molecule has 29 heteroatoms. The standard InChI is InChI=1S/2C23H21FN6O3.C22H17FN6O2/c2*24-14-4-1-3-13(10-25)21(14)15-9-17(22-16(27-15)11-26-23(22)33)30-8-6-20(28-30)29-7-2-5-18(31)19(32)12-29;23-14-3-1-2-12(8-24)19(14)16-7-18(20-17(27-16)9-26-22(20)31)29-10-13-5-4-11(21(25)30)6-15(13)28-29/h2*1,3-4,6,8-9,18-19,31-32H,2,5,7,11-12H2,(H,26,33);1-3,7,10-11H,4-6,9H2,(H2,25,30)(H,26,31)/t2*18-,19+;/m10./s1. The first-order chi connectivity index (χ1) is 46.9. The van der Waals surface area contributed by atoms with Crippen molar-refractivity contribution in [1.29, 1.82) is 15.8 Å². The number of fused-ring (bicyclic) bond motifs is 4. The molecule has 5 aliphatic heterocycles. The number of carbonyl (C=O) groups excluding carboxylic acids is 4. The molecule has 0 bridgehead atoms. The summed E-state index contributed by atoms with van der Waals surface area (Å²) in [6.07, 6.45) is 6.02. The maximum atomic E-state index is 14.7. The zero-order valence-electron chi connectivity index (χ0n) is 51.5. The molecule has 5 atom stereocenters. The molecular formula is C68H59F3N18O8. The zero-order valence-corrected chi connectivity index (χ0v) is 51.5. The molecule has 4 amide bonds. The third-order valence-corrected chi connectivity index (χ3v) is 17.9. The number of aliphatic hydroxyl groups excluding tert-OH is 4. The third kappa shape index (κ3) is 12.4. The Morgan fingerprint density at radius 2 is 0.907 bits per heavy atom. The molecule has 0 saturated carbocycles. The fourth-order valence-electron chi connectivity index (χ4n) is 12.9. The first-order valence-corrected chi connectivity index (χ1v) is 31.1. The molecule has 11 heterocycles. The molecule has 6 aliphatic rings. The number of hydrogen-bond donors (Lipinski definition) is 8. The van der Waals surface area contributed by atoms with Crippen LogP contribution in [0.25, 0.3) is 50.8 Å². The third-order valence-electron chi connectivity index (χ3n) is 17.9. The van der Waals surface area contributed by atoms with Crippen molar-refractivity contribution in [2.45, 2.75) is 89.0 Å². The van der Waals surface area contributed by atoms with Crippen LogP contribution in [0.3, 0.4) is 0 Å². The van der Waals surface area contributed by atoms with E-state index in [2.05, 4.69) is 46.2 Å². The SMILES string of the molecule is N#Cc1cccc(F)c1-c1cc(-n2cc3c(n2)CC(C(N)=O)CC3)c2c(n1)CNC2=O.N#Cc1cccc(F)c1-c1cc(-n2ccc(N3CCC[C@@H](O)[C@@H](O)C3)n2)c2c(n1)CNC2=O.N#Cc1cccc(F)c1-c1cc(-n2ccc(N3CCC[C@H](O)[C@H](O)C3)n2)c2c(n1)CNC2=O. The number of hydrogen-bond acceptors (Lipinski definition) is 19. The van der Waals surface area contributed by atoms with Crippen molar-refractivity contribution in [3.63, 3.8) is 0 Å². The van der Waals surface area contributed by atoms with E-state index < -0.39 is 41.9 Å². The van der Waals surface area contributed by atoms with Crippen molar-refractivity contribution in [3.05, 3.63) is 183 Å². The average Bonchev–Trinajstić information content (AvgIpc) is 1.68. The summed E-state index contributed by atoms with van der Waals surface area (Å²) in [5.41, 5.74) is 12.3. The highest BCUT2D eigenvalue weighted by Gasteiger charge is 2.34. The second-order valence-electron chi connectivity index (χ2n) is 24.0. The van der Waals surface area contributed by atoms with Gasteiger partial charge < -0.3 is 51.9 Å². The summed E-state index contributed by atoms with van der Waals surface area (Å²) in [4.78, 5) is 66.3. The van der Waals surface area contributed by atoms with Crippen molar-refractivity contribution >= 4 is 35.3 Å². The normalized spacial score (nSPS) is 19.1. The van der Waals surface area contributed by atoms with Crippen LogP contribution in [0.5, 0.6) is 0 Å². The smallest absolute Gasteiger partial charge is 0.255 e. The van der Waals surface area contributed by atoms with Crippen LogP contribution >= 0.6 is 0 Å². The number of nitrogens with zero attached hydrogens (tertiary/aromatic N) is 14. The van der Waals surface area contributed by atoms with Crippen LogP contribution in [0.2, 0.25) is 0 Å². The molecule has 26 nitrogen and oxygen atoms in total. The first kappa shape index (κ1) is 64.0. The molecule has 1 aliphatic carbocycles. The van der Waals surface area contributed by atoms with Crippen LogP contribution < -0.4 is 31.5 Å². The number of nitriles is 3. The summed E-state index contributed by atoms with van der Waals surface area (Å²) in [7, 11) is 0. The van der Waals surface area contributed by atoms with Crippen molar-refractivity contribution in [2.24, 2.45) is 11.7 Å². The van der Waals surface area contributed by atoms with Gasteiger partial charge in [0.1, 0.15) is 17.5 Å². The van der Waals surface area contributed by atoms with Gasteiger partial charge in [-0.15, -0.1) is 0 Å². The van der Waals surface area contributed by atoms with E-state index in [0.29, 0.717) is 121 Å². The molecule has 3 aromatic carbocycles. The van der Waals surface area contributed by atoms with Crippen molar-refractivity contribution in [2.75, 3.05) is 36.0 Å². The number of nitrogens with two attached hydrogens (primary N) is 1. The van der Waals surface area contributed by atoms with E-state index in [-0.39, 0.29) is 113 Å². The molecule has 1 unspecified atom stereocenters. The van der Waals surface area contributed by atoms with Crippen molar-refractivity contribution in [1.82, 2.24) is 60.2 Å². The number of anilines is 2. The number of rotatable bonds is 9. The van der Waals surface area contributed by atoms with Gasteiger partial charge in [0.15, 0.2) is 11.6 Å². The maximum Gasteiger partial charge on any atom is 0.255 e. The van der Waals surface area contributed by atoms with Gasteiger partial charge in [0, 0.05) is 69.2 Å². The van der Waals surface area contributed by atoms with E-state index in [1.807, 2.05) is 34.2 Å². The maximum absolute atomic E-state index is 14.7. The lowest BCUT2D eigenvalue weighted by molar-refractivity contribution is -0.122. The van der Waals surface area contributed by atoms with Crippen LogP contribution in [-0.4, -0.2) is 139 Å². The molecule has 9 N–H and O–H groups in total. The monoisotopic (exact) mass is 1310 g/mol. The Morgan fingerprint density at radius 3 is 1.29 bits per heavy atom. The number of pyridine rings is 3. The number of primary amides is 1. The Kier molecular flexibility index (Phi) is 17.6. The van der Waals surface area contributed by atoms with Crippen LogP contribution in [0.4, 0.5) is 24.8 Å². The fourth-order valence-corrected chi connectivity index (χ4v) is 12.9. The number of halogens is 3. The molecule has 2 fully saturated rings. The highest BCUT2D eigenvalue weighted by molar-refractivity contribution is 6.03. The largest absolute Gasteiger partial charge is 0.390 e. The van der Waals surface area contributed by atoms with Gasteiger partial charge in [0.25, 0.3) is 17.7 Å². The lowest BCUT2D eigenvalue weighted by Gasteiger charge is -2.22. The summed E-state index contributed by atoms with van der Waals surface area (Å²) in [6.45, 7) is 2.29. The number of carbonyl (C=O) groups is 4. The van der Waals surface area contributed by atoms with Gasteiger partial charge in [0.2, 0.25) is 5.91 Å². The van der Waals surface area contributed by atoms with Gasteiger partial charge in [0.05, 0.1) is 169 Å². The minimum absolute atomic E-state index is 0.0698. The quantitative estimate of drug-likeness (QED) is 0.0962. The Hall–Kier alpha value is -11.7. The van der Waals surface area contributed by atoms with Crippen LogP contribution in [-0.2, 0) is 37.3 Å². The predicted octanol–water partition coefficient (Wildman–Crippen LogP) is 4.80. The van der Waals surface area contributed by atoms with Crippen LogP contribution in [0.1, 0.15) is 108 Å². The first-order valence-electron chi connectivity index (χ1n) is 31.1. The molecule has 490 valence electrons. The average molecular weight is 1310 g/mol. The van der Waals surface area contributed by atoms with Gasteiger partial charge >= 0.3 is 0 Å². The van der Waals surface area contributed by atoms with Crippen LogP contribution in [0, 0.1) is 57.4 Å². The molecule has 0 spiro atoms. The van der Waals surface area contributed by atoms with Gasteiger partial charge in [-0.3, -0.25) is 19.2 Å². The minimum Gasteiger partial charge on any atom is -0.390 e. The Balaban J connectivity index is 0.000000131. The van der Waals surface area contributed by atoms with E-state index in [1.54, 1.807) is 47.4 Å². The zero-order chi connectivity index (χ0) is 67.9. The molecular weight excluding hydrogens is 1250 g/mol. The Labute approximate surface area is 550 Å². The molecule has 2 saturated heterocycles. The van der Waals surface area contributed by atoms with E-state index in [1.165, 1.54) is 64.0 Å². The Bertz CT molecular complexity index is 4620. The number of nitrogens with one attached hydrogen (secondary N) is 3. The summed E-state index contributed by atoms with van der Waals surface area (Å²) >= 11 is 0. The highest BCUT2D eigenvalue weighted by Crippen LogP contribution is 2.37. The molecule has 0 radical (unpaired) electrons. The number of amides is 4. The van der Waals surface area contributed by atoms with E-state index >= 15 is 0 Å². The highest BCUT2D eigenvalue weighted by atomic mass is 19.1. The van der Waals surface area contributed by atoms with Crippen molar-refractivity contribution in [3.8, 4) is 69.0 Å². The second kappa shape index (κ2) is 26.6. The molecule has 97 heavy (non-hydrogen) atoms. The lowest BCUT2D eigenvalue weighted by Crippen LogP contribution is -2.36.